The van der Waals surface area contributed by atoms with Crippen LogP contribution in [0.25, 0.3) is 21.9 Å². The summed E-state index contributed by atoms with van der Waals surface area (Å²) in [6.45, 7) is 0.0779. The van der Waals surface area contributed by atoms with Gasteiger partial charge in [-0.1, -0.05) is 72.8 Å². The van der Waals surface area contributed by atoms with Crippen molar-refractivity contribution < 1.29 is 27.9 Å². The van der Waals surface area contributed by atoms with E-state index in [0.29, 0.717) is 10.9 Å². The van der Waals surface area contributed by atoms with Crippen LogP contribution in [0.5, 0.6) is 0 Å². The van der Waals surface area contributed by atoms with Crippen molar-refractivity contribution in [2.24, 2.45) is 5.14 Å². The molecule has 0 aliphatic heterocycles. The summed E-state index contributed by atoms with van der Waals surface area (Å²) >= 11 is 0. The van der Waals surface area contributed by atoms with E-state index in [0.717, 1.165) is 27.6 Å². The van der Waals surface area contributed by atoms with Gasteiger partial charge in [-0.3, -0.25) is 0 Å². The molecule has 4 aromatic carbocycles. The zero-order valence-corrected chi connectivity index (χ0v) is 20.4. The maximum absolute atomic E-state index is 12.6. The van der Waals surface area contributed by atoms with Gasteiger partial charge in [-0.05, 0) is 50.7 Å². The highest BCUT2D eigenvalue weighted by molar-refractivity contribution is 7.89. The lowest BCUT2D eigenvalue weighted by Crippen LogP contribution is -2.42. The molecule has 1 atom stereocenters. The Hall–Kier alpha value is -4.21. The molecule has 0 unspecified atom stereocenters. The Morgan fingerprint density at radius 1 is 0.892 bits per heavy atom. The van der Waals surface area contributed by atoms with Crippen molar-refractivity contribution in [3.8, 4) is 11.1 Å². The zero-order valence-electron chi connectivity index (χ0n) is 19.6. The van der Waals surface area contributed by atoms with Crippen LogP contribution in [0.3, 0.4) is 0 Å². The lowest BCUT2D eigenvalue weighted by Gasteiger charge is -2.18. The fourth-order valence-corrected chi connectivity index (χ4v) is 5.34. The number of carbonyl (C=O) groups excluding carboxylic acids is 1. The van der Waals surface area contributed by atoms with Gasteiger partial charge in [0.1, 0.15) is 12.6 Å². The number of alkyl carbamates (subject to hydrolysis) is 1. The number of hydrogen-bond acceptors (Lipinski definition) is 5. The standard InChI is InChI=1S/C28H24N2O6S/c29-37(34,35)20-12-11-18-13-17(9-10-19(18)15-20)14-26(27(31)32)30-28(33)36-16-25-23-7-3-1-5-21(23)22-6-2-4-8-24(22)25/h1-13,15,25-26H,14,16H2,(H,30,33)(H,31,32)(H2,29,34,35)/t26-/m0/s1. The maximum atomic E-state index is 12.6. The Morgan fingerprint density at radius 2 is 1.49 bits per heavy atom. The van der Waals surface area contributed by atoms with Gasteiger partial charge in [0.05, 0.1) is 4.90 Å². The van der Waals surface area contributed by atoms with Crippen molar-refractivity contribution in [3.05, 3.63) is 102 Å². The Bertz CT molecular complexity index is 1590. The highest BCUT2D eigenvalue weighted by Crippen LogP contribution is 2.44. The van der Waals surface area contributed by atoms with Crippen LogP contribution in [-0.2, 0) is 26.0 Å². The SMILES string of the molecule is NS(=O)(=O)c1ccc2cc(C[C@H](NC(=O)OCC3c4ccccc4-c4ccccc43)C(=O)O)ccc2c1. The summed E-state index contributed by atoms with van der Waals surface area (Å²) < 4.78 is 28.7. The van der Waals surface area contributed by atoms with Crippen molar-refractivity contribution in [1.29, 1.82) is 0 Å². The summed E-state index contributed by atoms with van der Waals surface area (Å²) in [5, 5.41) is 18.7. The molecule has 0 saturated heterocycles. The highest BCUT2D eigenvalue weighted by atomic mass is 32.2. The average Bonchev–Trinajstić information content (AvgIpc) is 3.20. The summed E-state index contributed by atoms with van der Waals surface area (Å²) in [6.07, 6.45) is -0.792. The molecule has 0 aromatic heterocycles. The van der Waals surface area contributed by atoms with Crippen molar-refractivity contribution in [2.75, 3.05) is 6.61 Å². The second kappa shape index (κ2) is 9.68. The van der Waals surface area contributed by atoms with E-state index < -0.39 is 28.1 Å². The van der Waals surface area contributed by atoms with Gasteiger partial charge in [0.2, 0.25) is 10.0 Å². The normalized spacial score (nSPS) is 13.5. The molecular weight excluding hydrogens is 492 g/mol. The van der Waals surface area contributed by atoms with Crippen molar-refractivity contribution in [3.63, 3.8) is 0 Å². The number of carbonyl (C=O) groups is 2. The van der Waals surface area contributed by atoms with E-state index in [9.17, 15) is 23.1 Å². The molecule has 9 heteroatoms. The van der Waals surface area contributed by atoms with Crippen LogP contribution in [0.4, 0.5) is 4.79 Å². The van der Waals surface area contributed by atoms with Gasteiger partial charge < -0.3 is 15.2 Å². The molecule has 5 rings (SSSR count). The monoisotopic (exact) mass is 516 g/mol. The van der Waals surface area contributed by atoms with Crippen LogP contribution in [0.1, 0.15) is 22.6 Å². The Balaban J connectivity index is 1.27. The van der Waals surface area contributed by atoms with Gasteiger partial charge in [-0.15, -0.1) is 0 Å². The number of aliphatic carboxylic acids is 1. The maximum Gasteiger partial charge on any atom is 0.407 e. The third-order valence-corrected chi connectivity index (χ3v) is 7.49. The van der Waals surface area contributed by atoms with E-state index in [1.807, 2.05) is 48.5 Å². The summed E-state index contributed by atoms with van der Waals surface area (Å²) in [5.74, 6) is -1.33. The van der Waals surface area contributed by atoms with Crippen LogP contribution in [0, 0.1) is 0 Å². The number of nitrogens with two attached hydrogens (primary N) is 1. The fraction of sp³-hybridized carbons (Fsp3) is 0.143. The van der Waals surface area contributed by atoms with Gasteiger partial charge in [0, 0.05) is 12.3 Å². The molecule has 188 valence electrons. The van der Waals surface area contributed by atoms with Crippen LogP contribution in [-0.4, -0.2) is 38.2 Å². The molecule has 1 amide bonds. The first kappa shape index (κ1) is 24.5. The number of fused-ring (bicyclic) bond motifs is 4. The molecule has 1 aliphatic carbocycles. The molecule has 0 heterocycles. The number of hydrogen-bond donors (Lipinski definition) is 3. The van der Waals surface area contributed by atoms with Crippen LogP contribution >= 0.6 is 0 Å². The van der Waals surface area contributed by atoms with Gasteiger partial charge in [-0.2, -0.15) is 0 Å². The summed E-state index contributed by atoms with van der Waals surface area (Å²) in [5.41, 5.74) is 4.98. The molecule has 0 spiro atoms. The zero-order chi connectivity index (χ0) is 26.2. The molecule has 0 saturated carbocycles. The second-order valence-electron chi connectivity index (χ2n) is 8.95. The Kier molecular flexibility index (Phi) is 6.41. The van der Waals surface area contributed by atoms with Crippen molar-refractivity contribution >= 4 is 32.9 Å². The van der Waals surface area contributed by atoms with Crippen LogP contribution in [0.15, 0.2) is 89.8 Å². The minimum absolute atomic E-state index is 0.00640. The number of primary sulfonamides is 1. The molecule has 8 nitrogen and oxygen atoms in total. The number of carboxylic acids is 1. The first-order valence-electron chi connectivity index (χ1n) is 11.6. The molecule has 4 N–H and O–H groups in total. The summed E-state index contributed by atoms with van der Waals surface area (Å²) in [6, 6.07) is 24.3. The third-order valence-electron chi connectivity index (χ3n) is 6.58. The van der Waals surface area contributed by atoms with E-state index in [-0.39, 0.29) is 23.8 Å². The van der Waals surface area contributed by atoms with Crippen LogP contribution < -0.4 is 10.5 Å². The molecule has 0 bridgehead atoms. The average molecular weight is 517 g/mol. The number of ether oxygens (including phenoxy) is 1. The molecule has 37 heavy (non-hydrogen) atoms. The number of benzene rings is 4. The number of sulfonamides is 1. The largest absolute Gasteiger partial charge is 0.480 e. The van der Waals surface area contributed by atoms with E-state index in [1.165, 1.54) is 12.1 Å². The Labute approximate surface area is 213 Å². The van der Waals surface area contributed by atoms with Gasteiger partial charge in [-0.25, -0.2) is 23.1 Å². The number of amides is 1. The van der Waals surface area contributed by atoms with Gasteiger partial charge in [0.25, 0.3) is 0 Å². The summed E-state index contributed by atoms with van der Waals surface area (Å²) in [4.78, 5) is 24.5. The number of nitrogens with one attached hydrogen (secondary N) is 1. The first-order chi connectivity index (χ1) is 17.7. The molecular formula is C28H24N2O6S. The smallest absolute Gasteiger partial charge is 0.407 e. The van der Waals surface area contributed by atoms with Gasteiger partial charge >= 0.3 is 12.1 Å². The van der Waals surface area contributed by atoms with Crippen molar-refractivity contribution in [1.82, 2.24) is 5.32 Å². The van der Waals surface area contributed by atoms with E-state index in [1.54, 1.807) is 24.3 Å². The quantitative estimate of drug-likeness (QED) is 0.339. The highest BCUT2D eigenvalue weighted by Gasteiger charge is 2.29. The lowest BCUT2D eigenvalue weighted by molar-refractivity contribution is -0.139. The minimum atomic E-state index is -3.83. The fourth-order valence-electron chi connectivity index (χ4n) is 4.80. The van der Waals surface area contributed by atoms with E-state index in [4.69, 9.17) is 9.88 Å². The molecule has 0 radical (unpaired) electrons. The van der Waals surface area contributed by atoms with Crippen molar-refractivity contribution in [2.45, 2.75) is 23.3 Å². The summed E-state index contributed by atoms with van der Waals surface area (Å²) in [7, 11) is -3.83. The second-order valence-corrected chi connectivity index (χ2v) is 10.5. The molecule has 0 fully saturated rings. The first-order valence-corrected chi connectivity index (χ1v) is 13.1. The Morgan fingerprint density at radius 3 is 2.11 bits per heavy atom. The third kappa shape index (κ3) is 5.04. The number of rotatable bonds is 7. The van der Waals surface area contributed by atoms with E-state index >= 15 is 0 Å². The topological polar surface area (TPSA) is 136 Å². The van der Waals surface area contributed by atoms with Gasteiger partial charge in [0.15, 0.2) is 0 Å². The minimum Gasteiger partial charge on any atom is -0.480 e. The molecule has 4 aromatic rings. The predicted octanol–water partition coefficient (Wildman–Crippen LogP) is 4.02. The molecule has 1 aliphatic rings. The number of carboxylic acid groups (broad SMARTS) is 1. The van der Waals surface area contributed by atoms with E-state index in [2.05, 4.69) is 5.32 Å². The van der Waals surface area contributed by atoms with Crippen LogP contribution in [0.2, 0.25) is 0 Å². The predicted molar refractivity (Wildman–Crippen MR) is 139 cm³/mol. The lowest BCUT2D eigenvalue weighted by atomic mass is 9.98.